The first-order valence-corrected chi connectivity index (χ1v) is 6.84. The maximum Gasteiger partial charge on any atom is 0.319 e. The average Bonchev–Trinajstić information content (AvgIpc) is 2.46. The van der Waals surface area contributed by atoms with Crippen molar-refractivity contribution < 1.29 is 9.53 Å². The summed E-state index contributed by atoms with van der Waals surface area (Å²) in [7, 11) is 7.59. The Hall–Kier alpha value is -1.75. The van der Waals surface area contributed by atoms with Gasteiger partial charge in [0.2, 0.25) is 0 Å². The lowest BCUT2D eigenvalue weighted by Gasteiger charge is -2.34. The summed E-state index contributed by atoms with van der Waals surface area (Å²) in [6.45, 7) is 1.85. The highest BCUT2D eigenvalue weighted by atomic mass is 16.5. The molecule has 1 aliphatic rings. The molecule has 2 amide bonds. The van der Waals surface area contributed by atoms with Gasteiger partial charge in [-0.3, -0.25) is 0 Å². The minimum absolute atomic E-state index is 0.0381. The number of carbonyl (C=O) groups excluding carboxylic acids is 1. The summed E-state index contributed by atoms with van der Waals surface area (Å²) >= 11 is 0. The molecule has 1 unspecified atom stereocenters. The largest absolute Gasteiger partial charge is 0.378 e. The lowest BCUT2D eigenvalue weighted by atomic mass is 10.1. The summed E-state index contributed by atoms with van der Waals surface area (Å²) in [5.41, 5.74) is 2.28. The second-order valence-corrected chi connectivity index (χ2v) is 5.47. The van der Waals surface area contributed by atoms with Crippen LogP contribution in [-0.4, -0.2) is 63.7 Å². The zero-order valence-electron chi connectivity index (χ0n) is 12.7. The van der Waals surface area contributed by atoms with Crippen LogP contribution in [0.15, 0.2) is 24.3 Å². The molecule has 1 fully saturated rings. The highest BCUT2D eigenvalue weighted by Crippen LogP contribution is 2.24. The third kappa shape index (κ3) is 3.22. The van der Waals surface area contributed by atoms with E-state index in [-0.39, 0.29) is 12.1 Å². The molecule has 1 aromatic carbocycles. The first kappa shape index (κ1) is 14.7. The molecule has 0 spiro atoms. The van der Waals surface area contributed by atoms with Crippen molar-refractivity contribution in [3.8, 4) is 0 Å². The van der Waals surface area contributed by atoms with Crippen LogP contribution in [-0.2, 0) is 4.74 Å². The Bertz CT molecular complexity index is 457. The van der Waals surface area contributed by atoms with E-state index >= 15 is 0 Å². The number of benzene rings is 1. The Morgan fingerprint density at radius 1 is 1.20 bits per heavy atom. The van der Waals surface area contributed by atoms with Gasteiger partial charge in [-0.05, 0) is 17.7 Å². The summed E-state index contributed by atoms with van der Waals surface area (Å²) in [6.07, 6.45) is -0.0381. The van der Waals surface area contributed by atoms with Crippen molar-refractivity contribution in [2.45, 2.75) is 6.10 Å². The molecule has 5 heteroatoms. The predicted molar refractivity (Wildman–Crippen MR) is 80.1 cm³/mol. The second-order valence-electron chi connectivity index (χ2n) is 5.47. The summed E-state index contributed by atoms with van der Waals surface area (Å²) in [4.78, 5) is 17.5. The van der Waals surface area contributed by atoms with Crippen LogP contribution in [0.4, 0.5) is 10.5 Å². The minimum Gasteiger partial charge on any atom is -0.378 e. The number of rotatable bonds is 2. The molecule has 2 rings (SSSR count). The Balaban J connectivity index is 2.07. The smallest absolute Gasteiger partial charge is 0.319 e. The molecule has 1 aliphatic heterocycles. The Morgan fingerprint density at radius 2 is 1.85 bits per heavy atom. The number of anilines is 1. The predicted octanol–water partition coefficient (Wildman–Crippen LogP) is 1.81. The van der Waals surface area contributed by atoms with Crippen molar-refractivity contribution in [1.82, 2.24) is 9.80 Å². The van der Waals surface area contributed by atoms with E-state index in [1.165, 1.54) is 0 Å². The SMILES string of the molecule is CN(C)C(=O)N1CCOC(c2ccc(N(C)C)cc2)C1. The van der Waals surface area contributed by atoms with Crippen molar-refractivity contribution in [2.24, 2.45) is 0 Å². The summed E-state index contributed by atoms with van der Waals surface area (Å²) in [6, 6.07) is 8.34. The van der Waals surface area contributed by atoms with Crippen LogP contribution in [0.2, 0.25) is 0 Å². The van der Waals surface area contributed by atoms with E-state index in [9.17, 15) is 4.79 Å². The number of nitrogens with zero attached hydrogens (tertiary/aromatic N) is 3. The number of amides is 2. The number of hydrogen-bond donors (Lipinski definition) is 0. The second kappa shape index (κ2) is 6.13. The van der Waals surface area contributed by atoms with Gasteiger partial charge in [0.05, 0.1) is 13.2 Å². The van der Waals surface area contributed by atoms with Crippen molar-refractivity contribution in [2.75, 3.05) is 52.8 Å². The lowest BCUT2D eigenvalue weighted by molar-refractivity contribution is -0.0188. The highest BCUT2D eigenvalue weighted by Gasteiger charge is 2.26. The molecule has 1 saturated heterocycles. The van der Waals surface area contributed by atoms with Gasteiger partial charge >= 0.3 is 6.03 Å². The van der Waals surface area contributed by atoms with Gasteiger partial charge in [0, 0.05) is 40.4 Å². The van der Waals surface area contributed by atoms with Crippen molar-refractivity contribution >= 4 is 11.7 Å². The topological polar surface area (TPSA) is 36.0 Å². The summed E-state index contributed by atoms with van der Waals surface area (Å²) < 4.78 is 5.80. The van der Waals surface area contributed by atoms with Crippen LogP contribution in [0, 0.1) is 0 Å². The van der Waals surface area contributed by atoms with Crippen LogP contribution < -0.4 is 4.90 Å². The maximum atomic E-state index is 12.0. The van der Waals surface area contributed by atoms with Crippen LogP contribution >= 0.6 is 0 Å². The van der Waals surface area contributed by atoms with E-state index in [1.807, 2.05) is 19.0 Å². The van der Waals surface area contributed by atoms with Crippen LogP contribution in [0.1, 0.15) is 11.7 Å². The third-order valence-electron chi connectivity index (χ3n) is 3.50. The fraction of sp³-hybridized carbons (Fsp3) is 0.533. The molecule has 1 aromatic rings. The molecule has 0 aromatic heterocycles. The van der Waals surface area contributed by atoms with E-state index in [1.54, 1.807) is 19.0 Å². The normalized spacial score (nSPS) is 18.8. The quantitative estimate of drug-likeness (QED) is 0.827. The first-order valence-electron chi connectivity index (χ1n) is 6.84. The molecule has 5 nitrogen and oxygen atoms in total. The van der Waals surface area contributed by atoms with Gasteiger partial charge in [-0.15, -0.1) is 0 Å². The monoisotopic (exact) mass is 277 g/mol. The fourth-order valence-corrected chi connectivity index (χ4v) is 2.29. The van der Waals surface area contributed by atoms with E-state index in [0.717, 1.165) is 11.3 Å². The van der Waals surface area contributed by atoms with Gasteiger partial charge in [0.15, 0.2) is 0 Å². The van der Waals surface area contributed by atoms with Crippen LogP contribution in [0.5, 0.6) is 0 Å². The number of morpholine rings is 1. The Labute approximate surface area is 120 Å². The highest BCUT2D eigenvalue weighted by molar-refractivity contribution is 5.74. The van der Waals surface area contributed by atoms with Gasteiger partial charge in [0.25, 0.3) is 0 Å². The molecule has 20 heavy (non-hydrogen) atoms. The molecule has 1 atom stereocenters. The molecular weight excluding hydrogens is 254 g/mol. The lowest BCUT2D eigenvalue weighted by Crippen LogP contribution is -2.46. The van der Waals surface area contributed by atoms with Crippen molar-refractivity contribution in [1.29, 1.82) is 0 Å². The fourth-order valence-electron chi connectivity index (χ4n) is 2.29. The number of ether oxygens (including phenoxy) is 1. The molecule has 0 saturated carbocycles. The molecule has 110 valence electrons. The molecule has 0 aliphatic carbocycles. The minimum atomic E-state index is -0.0381. The van der Waals surface area contributed by atoms with Crippen molar-refractivity contribution in [3.63, 3.8) is 0 Å². The molecule has 1 heterocycles. The molecular formula is C15H23N3O2. The van der Waals surface area contributed by atoms with Gasteiger partial charge in [-0.2, -0.15) is 0 Å². The molecule has 0 bridgehead atoms. The van der Waals surface area contributed by atoms with Crippen molar-refractivity contribution in [3.05, 3.63) is 29.8 Å². The summed E-state index contributed by atoms with van der Waals surface area (Å²) in [5.74, 6) is 0. The Kier molecular flexibility index (Phi) is 4.49. The Morgan fingerprint density at radius 3 is 2.40 bits per heavy atom. The standard InChI is InChI=1S/C15H23N3O2/c1-16(2)13-7-5-12(6-8-13)14-11-18(9-10-20-14)15(19)17(3)4/h5-8,14H,9-11H2,1-4H3. The third-order valence-corrected chi connectivity index (χ3v) is 3.50. The van der Waals surface area contributed by atoms with Gasteiger partial charge in [-0.1, -0.05) is 12.1 Å². The molecule has 0 N–H and O–H groups in total. The number of carbonyl (C=O) groups is 1. The summed E-state index contributed by atoms with van der Waals surface area (Å²) in [5, 5.41) is 0. The van der Waals surface area contributed by atoms with Gasteiger partial charge in [-0.25, -0.2) is 4.79 Å². The molecule has 0 radical (unpaired) electrons. The zero-order chi connectivity index (χ0) is 14.7. The van der Waals surface area contributed by atoms with E-state index in [0.29, 0.717) is 19.7 Å². The van der Waals surface area contributed by atoms with Gasteiger partial charge < -0.3 is 19.4 Å². The first-order chi connectivity index (χ1) is 9.49. The number of hydrogen-bond acceptors (Lipinski definition) is 3. The maximum absolute atomic E-state index is 12.0. The van der Waals surface area contributed by atoms with E-state index in [2.05, 4.69) is 29.2 Å². The average molecular weight is 277 g/mol. The van der Waals surface area contributed by atoms with Crippen LogP contribution in [0.3, 0.4) is 0 Å². The zero-order valence-corrected chi connectivity index (χ0v) is 12.7. The van der Waals surface area contributed by atoms with E-state index in [4.69, 9.17) is 4.74 Å². The van der Waals surface area contributed by atoms with Crippen LogP contribution in [0.25, 0.3) is 0 Å². The van der Waals surface area contributed by atoms with E-state index < -0.39 is 0 Å². The van der Waals surface area contributed by atoms with Gasteiger partial charge in [0.1, 0.15) is 6.10 Å². The number of urea groups is 1.